The molecule has 2 aliphatic carbocycles. The number of ether oxygens (including phenoxy) is 1. The zero-order valence-electron chi connectivity index (χ0n) is 22.2. The molecule has 0 radical (unpaired) electrons. The molecule has 0 bridgehead atoms. The average molecular weight is 513 g/mol. The van der Waals surface area contributed by atoms with Crippen LogP contribution < -0.4 is 5.32 Å². The van der Waals surface area contributed by atoms with Crippen LogP contribution in [0.1, 0.15) is 89.8 Å². The maximum absolute atomic E-state index is 13.6. The van der Waals surface area contributed by atoms with Crippen molar-refractivity contribution in [2.75, 3.05) is 19.8 Å². The van der Waals surface area contributed by atoms with Crippen molar-refractivity contribution < 1.29 is 19.4 Å². The highest BCUT2D eigenvalue weighted by Gasteiger charge is 2.51. The van der Waals surface area contributed by atoms with Gasteiger partial charge in [0.05, 0.1) is 35.9 Å². The van der Waals surface area contributed by atoms with Crippen molar-refractivity contribution in [1.29, 1.82) is 5.26 Å². The van der Waals surface area contributed by atoms with Crippen LogP contribution in [0.25, 0.3) is 0 Å². The number of aromatic nitrogens is 3. The molecule has 0 aromatic carbocycles. The zero-order valence-corrected chi connectivity index (χ0v) is 22.2. The summed E-state index contributed by atoms with van der Waals surface area (Å²) in [6.45, 7) is 7.61. The van der Waals surface area contributed by atoms with E-state index in [1.54, 1.807) is 4.68 Å². The van der Waals surface area contributed by atoms with Crippen LogP contribution in [0.2, 0.25) is 0 Å². The normalized spacial score (nSPS) is 30.3. The van der Waals surface area contributed by atoms with Crippen molar-refractivity contribution in [3.63, 3.8) is 0 Å². The van der Waals surface area contributed by atoms with Gasteiger partial charge >= 0.3 is 0 Å². The smallest absolute Gasteiger partial charge is 0.243 e. The molecule has 2 saturated carbocycles. The van der Waals surface area contributed by atoms with E-state index in [0.29, 0.717) is 19.1 Å². The number of aliphatic hydroxyl groups is 1. The number of rotatable bonds is 6. The van der Waals surface area contributed by atoms with E-state index in [1.165, 1.54) is 4.90 Å². The van der Waals surface area contributed by atoms with Crippen LogP contribution in [0, 0.1) is 28.1 Å². The SMILES string of the molecule is CC(C)(C)[C@@H](CC(=O)N1C[C@H](O)C[C@H]1C(=O)NC1C(C#N)CCC12CCOCC2)n1cc(C2CC2)nn1. The molecule has 2 aliphatic heterocycles. The minimum atomic E-state index is -0.756. The van der Waals surface area contributed by atoms with Crippen LogP contribution in [0.3, 0.4) is 0 Å². The first-order valence-corrected chi connectivity index (χ1v) is 13.8. The second-order valence-corrected chi connectivity index (χ2v) is 12.7. The van der Waals surface area contributed by atoms with Gasteiger partial charge < -0.3 is 20.1 Å². The van der Waals surface area contributed by atoms with E-state index >= 15 is 0 Å². The highest BCUT2D eigenvalue weighted by molar-refractivity contribution is 5.89. The molecule has 2 N–H and O–H groups in total. The van der Waals surface area contributed by atoms with Crippen molar-refractivity contribution >= 4 is 11.8 Å². The number of hydrogen-bond donors (Lipinski definition) is 2. The van der Waals surface area contributed by atoms with Crippen LogP contribution in [0.4, 0.5) is 0 Å². The highest BCUT2D eigenvalue weighted by atomic mass is 16.5. The number of amides is 2. The fraction of sp³-hybridized carbons (Fsp3) is 0.815. The van der Waals surface area contributed by atoms with Gasteiger partial charge in [-0.25, -0.2) is 4.68 Å². The molecule has 1 spiro atoms. The molecule has 2 saturated heterocycles. The fourth-order valence-corrected chi connectivity index (χ4v) is 6.60. The van der Waals surface area contributed by atoms with Crippen molar-refractivity contribution in [2.45, 2.75) is 102 Å². The lowest BCUT2D eigenvalue weighted by Gasteiger charge is -2.40. The molecule has 10 nitrogen and oxygen atoms in total. The highest BCUT2D eigenvalue weighted by Crippen LogP contribution is 2.48. The Morgan fingerprint density at radius 2 is 2.00 bits per heavy atom. The van der Waals surface area contributed by atoms with Gasteiger partial charge in [-0.05, 0) is 49.4 Å². The molecule has 1 aromatic rings. The van der Waals surface area contributed by atoms with Crippen molar-refractivity contribution in [1.82, 2.24) is 25.2 Å². The first-order chi connectivity index (χ1) is 17.6. The number of nitriles is 1. The molecule has 4 fully saturated rings. The molecular weight excluding hydrogens is 472 g/mol. The van der Waals surface area contributed by atoms with Crippen LogP contribution in [-0.4, -0.2) is 74.8 Å². The monoisotopic (exact) mass is 512 g/mol. The molecule has 3 heterocycles. The van der Waals surface area contributed by atoms with Gasteiger partial charge in [0.15, 0.2) is 0 Å². The predicted octanol–water partition coefficient (Wildman–Crippen LogP) is 2.31. The lowest BCUT2D eigenvalue weighted by atomic mass is 9.74. The second kappa shape index (κ2) is 9.99. The molecule has 2 unspecified atom stereocenters. The molecule has 2 amide bonds. The van der Waals surface area contributed by atoms with Gasteiger partial charge in [-0.15, -0.1) is 5.10 Å². The van der Waals surface area contributed by atoms with E-state index < -0.39 is 12.1 Å². The van der Waals surface area contributed by atoms with E-state index in [2.05, 4.69) is 42.5 Å². The number of hydrogen-bond acceptors (Lipinski definition) is 7. The molecule has 4 aliphatic rings. The number of nitrogens with zero attached hydrogens (tertiary/aromatic N) is 5. The van der Waals surface area contributed by atoms with Gasteiger partial charge in [-0.2, -0.15) is 5.26 Å². The summed E-state index contributed by atoms with van der Waals surface area (Å²) in [5.74, 6) is -0.231. The Kier molecular flexibility index (Phi) is 7.05. The van der Waals surface area contributed by atoms with E-state index in [1.807, 2.05) is 6.20 Å². The number of carbonyl (C=O) groups is 2. The topological polar surface area (TPSA) is 133 Å². The molecule has 202 valence electrons. The van der Waals surface area contributed by atoms with Crippen molar-refractivity contribution in [2.24, 2.45) is 16.7 Å². The van der Waals surface area contributed by atoms with Crippen LogP contribution in [0.5, 0.6) is 0 Å². The standard InChI is InChI=1S/C27H40N6O4/c1-26(2,3)22(33-16-20(30-31-33)17-4-5-17)13-23(35)32-15-19(34)12-21(32)25(36)29-24-18(14-28)6-7-27(24)8-10-37-11-9-27/h16-19,21-22,24,34H,4-13,15H2,1-3H3,(H,29,36)/t18?,19-,21+,22-,24?/m1/s1. The first-order valence-electron chi connectivity index (χ1n) is 13.8. The zero-order chi connectivity index (χ0) is 26.4. The minimum Gasteiger partial charge on any atom is -0.391 e. The Hall–Kier alpha value is -2.51. The second-order valence-electron chi connectivity index (χ2n) is 12.7. The minimum absolute atomic E-state index is 0.129. The lowest BCUT2D eigenvalue weighted by molar-refractivity contribution is -0.140. The maximum Gasteiger partial charge on any atom is 0.243 e. The predicted molar refractivity (Wildman–Crippen MR) is 134 cm³/mol. The first kappa shape index (κ1) is 26.1. The van der Waals surface area contributed by atoms with Crippen LogP contribution >= 0.6 is 0 Å². The quantitative estimate of drug-likeness (QED) is 0.597. The Morgan fingerprint density at radius 3 is 2.65 bits per heavy atom. The summed E-state index contributed by atoms with van der Waals surface area (Å²) in [6.07, 6.45) is 7.11. The number of aliphatic hydroxyl groups excluding tert-OH is 1. The lowest BCUT2D eigenvalue weighted by Crippen LogP contribution is -2.55. The van der Waals surface area contributed by atoms with Gasteiger partial charge in [0, 0.05) is 44.7 Å². The van der Waals surface area contributed by atoms with Crippen LogP contribution in [-0.2, 0) is 14.3 Å². The summed E-state index contributed by atoms with van der Waals surface area (Å²) in [5, 5.41) is 32.1. The Balaban J connectivity index is 1.31. The Labute approximate surface area is 218 Å². The maximum atomic E-state index is 13.6. The van der Waals surface area contributed by atoms with E-state index in [9.17, 15) is 20.0 Å². The van der Waals surface area contributed by atoms with E-state index in [0.717, 1.165) is 44.2 Å². The summed E-state index contributed by atoms with van der Waals surface area (Å²) in [5.41, 5.74) is 0.574. The fourth-order valence-electron chi connectivity index (χ4n) is 6.60. The molecule has 37 heavy (non-hydrogen) atoms. The summed E-state index contributed by atoms with van der Waals surface area (Å²) in [4.78, 5) is 28.8. The third-order valence-electron chi connectivity index (χ3n) is 9.08. The molecule has 5 rings (SSSR count). The Morgan fingerprint density at radius 1 is 1.27 bits per heavy atom. The molecule has 5 atom stereocenters. The average Bonchev–Trinajstić information content (AvgIpc) is 3.32. The number of likely N-dealkylation sites (tertiary alicyclic amines) is 1. The summed E-state index contributed by atoms with van der Waals surface area (Å²) < 4.78 is 7.37. The van der Waals surface area contributed by atoms with Crippen molar-refractivity contribution in [3.8, 4) is 6.07 Å². The van der Waals surface area contributed by atoms with Crippen molar-refractivity contribution in [3.05, 3.63) is 11.9 Å². The van der Waals surface area contributed by atoms with Crippen LogP contribution in [0.15, 0.2) is 6.20 Å². The summed E-state index contributed by atoms with van der Waals surface area (Å²) in [6, 6.07) is 1.15. The van der Waals surface area contributed by atoms with Gasteiger partial charge in [0.25, 0.3) is 0 Å². The third kappa shape index (κ3) is 5.26. The number of β-amino-alcohol motifs (C(OH)–C–C–N with tert-alkyl or cyclic N) is 1. The molecule has 1 aromatic heterocycles. The Bertz CT molecular complexity index is 1050. The largest absolute Gasteiger partial charge is 0.391 e. The van der Waals surface area contributed by atoms with Gasteiger partial charge in [0.1, 0.15) is 6.04 Å². The number of nitrogens with one attached hydrogen (secondary N) is 1. The molecule has 10 heteroatoms. The summed E-state index contributed by atoms with van der Waals surface area (Å²) in [7, 11) is 0. The van der Waals surface area contributed by atoms with E-state index in [4.69, 9.17) is 4.74 Å². The van der Waals surface area contributed by atoms with Gasteiger partial charge in [0.2, 0.25) is 11.8 Å². The third-order valence-corrected chi connectivity index (χ3v) is 9.08. The van der Waals surface area contributed by atoms with Gasteiger partial charge in [-0.3, -0.25) is 9.59 Å². The summed E-state index contributed by atoms with van der Waals surface area (Å²) >= 11 is 0. The van der Waals surface area contributed by atoms with Gasteiger partial charge in [-0.1, -0.05) is 26.0 Å². The number of carbonyl (C=O) groups excluding carboxylic acids is 2. The van der Waals surface area contributed by atoms with E-state index in [-0.39, 0.29) is 60.0 Å². The molecular formula is C27H40N6O4.